The van der Waals surface area contributed by atoms with Gasteiger partial charge in [-0.3, -0.25) is 9.68 Å². The van der Waals surface area contributed by atoms with Crippen LogP contribution in [0.2, 0.25) is 0 Å². The van der Waals surface area contributed by atoms with E-state index >= 15 is 0 Å². The number of ether oxygens (including phenoxy) is 2. The lowest BCUT2D eigenvalue weighted by Gasteiger charge is -2.37. The molecule has 0 spiro atoms. The van der Waals surface area contributed by atoms with Crippen molar-refractivity contribution in [1.29, 1.82) is 0 Å². The molecule has 2 heterocycles. The first-order valence-corrected chi connectivity index (χ1v) is 21.9. The van der Waals surface area contributed by atoms with Crippen LogP contribution >= 0.6 is 0 Å². The molecule has 332 valence electrons. The molecule has 0 aliphatic carbocycles. The molecule has 0 aliphatic rings. The van der Waals surface area contributed by atoms with E-state index in [-0.39, 0.29) is 12.0 Å². The van der Waals surface area contributed by atoms with Crippen molar-refractivity contribution >= 4 is 7.32 Å². The van der Waals surface area contributed by atoms with Crippen LogP contribution in [-0.2, 0) is 10.1 Å². The van der Waals surface area contributed by atoms with E-state index in [9.17, 15) is 10.0 Å². The maximum absolute atomic E-state index is 10.7. The fourth-order valence-corrected chi connectivity index (χ4v) is 7.96. The van der Waals surface area contributed by atoms with Gasteiger partial charge < -0.3 is 24.2 Å². The molecular weight excluding hydrogens is 799 g/mol. The normalized spacial score (nSPS) is 10.7. The van der Waals surface area contributed by atoms with Crippen molar-refractivity contribution in [3.05, 3.63) is 214 Å². The Kier molecular flexibility index (Phi) is 18.5. The topological polar surface area (TPSA) is 100 Å². The van der Waals surface area contributed by atoms with E-state index in [1.54, 1.807) is 9.46 Å². The molecule has 2 aromatic heterocycles. The molecule has 0 bridgehead atoms. The number of nitrogens with zero attached hydrogens (tertiary/aromatic N) is 2. The molecule has 0 unspecified atom stereocenters. The second kappa shape index (κ2) is 24.4. The lowest BCUT2D eigenvalue weighted by molar-refractivity contribution is -0.892. The molecule has 7 aromatic rings. The van der Waals surface area contributed by atoms with Gasteiger partial charge in [-0.25, -0.2) is 0 Å². The number of pyridine rings is 2. The first-order chi connectivity index (χ1) is 31.0. The molecule has 0 aliphatic heterocycles. The summed E-state index contributed by atoms with van der Waals surface area (Å²) in [6.07, 6.45) is 5.03. The van der Waals surface area contributed by atoms with Crippen molar-refractivity contribution in [2.75, 3.05) is 19.8 Å². The Morgan fingerprint density at radius 1 is 0.484 bits per heavy atom. The van der Waals surface area contributed by atoms with Gasteiger partial charge in [-0.15, -0.1) is 0 Å². The van der Waals surface area contributed by atoms with Crippen LogP contribution in [0, 0.1) is 41.5 Å². The Bertz CT molecular complexity index is 2240. The second-order valence-corrected chi connectivity index (χ2v) is 15.5. The van der Waals surface area contributed by atoms with Crippen LogP contribution in [0.3, 0.4) is 0 Å². The average molecular weight is 861 g/mol. The third-order valence-electron chi connectivity index (χ3n) is 10.5. The van der Waals surface area contributed by atoms with Crippen molar-refractivity contribution in [2.45, 2.75) is 73.6 Å². The molecule has 0 saturated carbocycles. The summed E-state index contributed by atoms with van der Waals surface area (Å²) in [7, 11) is -2.23. The summed E-state index contributed by atoms with van der Waals surface area (Å²) in [5.41, 5.74) is 10.2. The molecule has 0 amide bonds. The Morgan fingerprint density at radius 3 is 1.16 bits per heavy atom. The molecule has 0 radical (unpaired) electrons. The standard InChI is InChI=1S/C22H21BO3.2C16H20NO2/c24-23(25)26-18-10-17-22(19-11-4-1-5-12-19,20-13-6-2-7-14-20)21-15-8-3-9-16-21;2*1-5-18-17-9-7-6-8-15(17)19-16-13(3)10-12(2)11-14(16)4/h1-9,11-16H,10,17-18H2;2*6-11H,5H2,1-4H3/q-2;2*+1. The minimum absolute atomic E-state index is 0.159. The summed E-state index contributed by atoms with van der Waals surface area (Å²) < 4.78 is 20.1. The minimum atomic E-state index is -2.23. The minimum Gasteiger partial charge on any atom is -0.871 e. The Morgan fingerprint density at radius 2 is 0.828 bits per heavy atom. The average Bonchev–Trinajstić information content (AvgIpc) is 3.29. The molecule has 9 nitrogen and oxygen atoms in total. The molecule has 0 fully saturated rings. The van der Waals surface area contributed by atoms with Crippen molar-refractivity contribution < 1.29 is 43.3 Å². The highest BCUT2D eigenvalue weighted by atomic mass is 16.7. The van der Waals surface area contributed by atoms with Crippen molar-refractivity contribution in [3.63, 3.8) is 0 Å². The van der Waals surface area contributed by atoms with Gasteiger partial charge in [0.15, 0.2) is 13.2 Å². The van der Waals surface area contributed by atoms with Crippen LogP contribution in [-0.4, -0.2) is 27.1 Å². The van der Waals surface area contributed by atoms with E-state index in [1.807, 2.05) is 117 Å². The molecular formula is C54H61BN2O7. The molecule has 0 N–H and O–H groups in total. The first-order valence-electron chi connectivity index (χ1n) is 21.9. The van der Waals surface area contributed by atoms with Crippen molar-refractivity contribution in [1.82, 2.24) is 0 Å². The van der Waals surface area contributed by atoms with Gasteiger partial charge in [0.25, 0.3) is 0 Å². The smallest absolute Gasteiger partial charge is 0.422 e. The van der Waals surface area contributed by atoms with Gasteiger partial charge in [0, 0.05) is 33.6 Å². The lowest BCUT2D eigenvalue weighted by atomic mass is 9.67. The SMILES string of the molecule is CCO[n+]1ccccc1Oc1c(C)cc(C)cc1C.CCO[n+]1ccccc1Oc1c(C)cc(C)cc1C.[O-]B([O-])OCCCC(c1ccccc1)(c1ccccc1)c1ccccc1. The van der Waals surface area contributed by atoms with Crippen molar-refractivity contribution in [2.24, 2.45) is 0 Å². The number of hydrogen-bond donors (Lipinski definition) is 0. The number of aromatic nitrogens is 2. The Balaban J connectivity index is 0.000000184. The van der Waals surface area contributed by atoms with Crippen LogP contribution in [0.1, 0.15) is 76.8 Å². The van der Waals surface area contributed by atoms with E-state index in [0.29, 0.717) is 31.4 Å². The summed E-state index contributed by atoms with van der Waals surface area (Å²) in [6, 6.07) is 51.0. The highest BCUT2D eigenvalue weighted by Gasteiger charge is 2.35. The van der Waals surface area contributed by atoms with Gasteiger partial charge >= 0.3 is 11.8 Å². The number of aryl methyl sites for hydroxylation is 6. The van der Waals surface area contributed by atoms with Crippen LogP contribution in [0.25, 0.3) is 0 Å². The predicted octanol–water partition coefficient (Wildman–Crippen LogP) is 8.80. The lowest BCUT2D eigenvalue weighted by Crippen LogP contribution is -2.48. The Hall–Kier alpha value is -6.46. The van der Waals surface area contributed by atoms with Crippen LogP contribution < -0.4 is 38.7 Å². The second-order valence-electron chi connectivity index (χ2n) is 15.5. The summed E-state index contributed by atoms with van der Waals surface area (Å²) in [6.45, 7) is 17.7. The third kappa shape index (κ3) is 13.3. The summed E-state index contributed by atoms with van der Waals surface area (Å²) in [4.78, 5) is 11.0. The van der Waals surface area contributed by atoms with Crippen molar-refractivity contribution in [3.8, 4) is 23.3 Å². The number of rotatable bonds is 16. The van der Waals surface area contributed by atoms with Crippen LogP contribution in [0.15, 0.2) is 164 Å². The molecule has 0 atom stereocenters. The molecule has 64 heavy (non-hydrogen) atoms. The monoisotopic (exact) mass is 860 g/mol. The predicted molar refractivity (Wildman–Crippen MR) is 249 cm³/mol. The summed E-state index contributed by atoms with van der Waals surface area (Å²) >= 11 is 0. The molecule has 10 heteroatoms. The first kappa shape index (κ1) is 48.6. The largest absolute Gasteiger partial charge is 0.871 e. The fourth-order valence-electron chi connectivity index (χ4n) is 7.96. The van der Waals surface area contributed by atoms with E-state index in [2.05, 4.69) is 102 Å². The van der Waals surface area contributed by atoms with E-state index < -0.39 is 7.32 Å². The van der Waals surface area contributed by atoms with Crippen LogP contribution in [0.5, 0.6) is 23.3 Å². The summed E-state index contributed by atoms with van der Waals surface area (Å²) in [5, 5.41) is 21.4. The summed E-state index contributed by atoms with van der Waals surface area (Å²) in [5.74, 6) is 3.15. The van der Waals surface area contributed by atoms with Crippen LogP contribution in [0.4, 0.5) is 0 Å². The Labute approximate surface area is 380 Å². The number of benzene rings is 5. The van der Waals surface area contributed by atoms with E-state index in [1.165, 1.54) is 27.8 Å². The maximum atomic E-state index is 10.7. The highest BCUT2D eigenvalue weighted by Crippen LogP contribution is 2.43. The van der Waals surface area contributed by atoms with Gasteiger partial charge in [0.1, 0.15) is 11.5 Å². The maximum Gasteiger partial charge on any atom is 0.422 e. The molecule has 5 aromatic carbocycles. The van der Waals surface area contributed by atoms with E-state index in [4.69, 9.17) is 23.8 Å². The number of hydrogen-bond acceptors (Lipinski definition) is 7. The zero-order chi connectivity index (χ0) is 45.9. The zero-order valence-corrected chi connectivity index (χ0v) is 38.5. The molecule has 7 rings (SSSR count). The van der Waals surface area contributed by atoms with Gasteiger partial charge in [-0.05, 0) is 119 Å². The highest BCUT2D eigenvalue weighted by molar-refractivity contribution is 6.28. The quantitative estimate of drug-likeness (QED) is 0.0415. The van der Waals surface area contributed by atoms with E-state index in [0.717, 1.165) is 40.2 Å². The molecule has 0 saturated heterocycles. The fraction of sp³-hybridized carbons (Fsp3) is 0.259. The van der Waals surface area contributed by atoms with Gasteiger partial charge in [0.05, 0.1) is 19.5 Å². The zero-order valence-electron chi connectivity index (χ0n) is 38.5. The van der Waals surface area contributed by atoms with Gasteiger partial charge in [-0.1, -0.05) is 126 Å². The van der Waals surface area contributed by atoms with Gasteiger partial charge in [0.2, 0.25) is 12.4 Å². The third-order valence-corrected chi connectivity index (χ3v) is 10.5. The van der Waals surface area contributed by atoms with Gasteiger partial charge in [-0.2, -0.15) is 0 Å².